The summed E-state index contributed by atoms with van der Waals surface area (Å²) in [6.07, 6.45) is 5.36. The molecular weight excluding hydrogens is 228 g/mol. The molecule has 0 bridgehead atoms. The van der Waals surface area contributed by atoms with Crippen molar-refractivity contribution in [3.8, 4) is 23.8 Å². The van der Waals surface area contributed by atoms with E-state index >= 15 is 0 Å². The van der Waals surface area contributed by atoms with Crippen molar-refractivity contribution in [3.05, 3.63) is 59.7 Å². The predicted octanol–water partition coefficient (Wildman–Crippen LogP) is 3.16. The Bertz CT molecular complexity index is 606. The Labute approximate surface area is 105 Å². The lowest BCUT2D eigenvalue weighted by atomic mass is 10.2. The van der Waals surface area contributed by atoms with Gasteiger partial charge in [0.15, 0.2) is 0 Å². The first-order chi connectivity index (χ1) is 8.70. The minimum atomic E-state index is -0.967. The maximum absolute atomic E-state index is 10.7. The van der Waals surface area contributed by atoms with Crippen LogP contribution in [0.4, 0.5) is 0 Å². The molecule has 0 amide bonds. The molecule has 88 valence electrons. The zero-order valence-electron chi connectivity index (χ0n) is 9.46. The lowest BCUT2D eigenvalue weighted by molar-refractivity contribution is 0.0697. The van der Waals surface area contributed by atoms with Gasteiger partial charge in [-0.05, 0) is 36.4 Å². The van der Waals surface area contributed by atoms with Gasteiger partial charge in [0, 0.05) is 0 Å². The van der Waals surface area contributed by atoms with Crippen LogP contribution in [0.1, 0.15) is 15.9 Å². The molecule has 0 aliphatic rings. The standard InChI is InChI=1S/C15H10O3/c1-2-11-5-3-4-6-14(11)18-13-9-7-12(8-10-13)15(16)17/h1,3-10H,(H,16,17). The average Bonchev–Trinajstić information content (AvgIpc) is 2.40. The lowest BCUT2D eigenvalue weighted by Gasteiger charge is -2.07. The minimum absolute atomic E-state index is 0.215. The molecule has 3 heteroatoms. The number of aromatic carboxylic acids is 1. The van der Waals surface area contributed by atoms with E-state index in [2.05, 4.69) is 5.92 Å². The van der Waals surface area contributed by atoms with Crippen LogP contribution in [0.15, 0.2) is 48.5 Å². The highest BCUT2D eigenvalue weighted by Crippen LogP contribution is 2.24. The number of carbonyl (C=O) groups is 1. The molecule has 3 nitrogen and oxygen atoms in total. The summed E-state index contributed by atoms with van der Waals surface area (Å²) in [5, 5.41) is 8.78. The molecule has 0 heterocycles. The fourth-order valence-corrected chi connectivity index (χ4v) is 1.47. The zero-order valence-corrected chi connectivity index (χ0v) is 9.46. The zero-order chi connectivity index (χ0) is 13.0. The summed E-state index contributed by atoms with van der Waals surface area (Å²) in [6.45, 7) is 0. The van der Waals surface area contributed by atoms with Gasteiger partial charge in [0.2, 0.25) is 0 Å². The van der Waals surface area contributed by atoms with E-state index in [9.17, 15) is 4.79 Å². The van der Waals surface area contributed by atoms with Gasteiger partial charge < -0.3 is 9.84 Å². The first-order valence-electron chi connectivity index (χ1n) is 5.27. The minimum Gasteiger partial charge on any atom is -0.478 e. The van der Waals surface area contributed by atoms with Crippen LogP contribution in [0.3, 0.4) is 0 Å². The maximum atomic E-state index is 10.7. The first-order valence-corrected chi connectivity index (χ1v) is 5.27. The van der Waals surface area contributed by atoms with Crippen LogP contribution in [0.2, 0.25) is 0 Å². The number of rotatable bonds is 3. The van der Waals surface area contributed by atoms with Gasteiger partial charge in [0.25, 0.3) is 0 Å². The number of carboxylic acids is 1. The third-order valence-electron chi connectivity index (χ3n) is 2.37. The van der Waals surface area contributed by atoms with Crippen molar-refractivity contribution in [1.29, 1.82) is 0 Å². The van der Waals surface area contributed by atoms with Gasteiger partial charge in [-0.1, -0.05) is 18.1 Å². The molecule has 0 saturated carbocycles. The fraction of sp³-hybridized carbons (Fsp3) is 0. The summed E-state index contributed by atoms with van der Waals surface area (Å²) in [5.74, 6) is 2.68. The summed E-state index contributed by atoms with van der Waals surface area (Å²) in [6, 6.07) is 13.3. The second-order valence-electron chi connectivity index (χ2n) is 3.57. The van der Waals surface area contributed by atoms with Gasteiger partial charge in [-0.3, -0.25) is 0 Å². The molecule has 18 heavy (non-hydrogen) atoms. The largest absolute Gasteiger partial charge is 0.478 e. The molecule has 0 saturated heterocycles. The average molecular weight is 238 g/mol. The van der Waals surface area contributed by atoms with Crippen molar-refractivity contribution in [1.82, 2.24) is 0 Å². The number of terminal acetylenes is 1. The Balaban J connectivity index is 2.24. The lowest BCUT2D eigenvalue weighted by Crippen LogP contribution is -1.95. The Morgan fingerprint density at radius 1 is 1.11 bits per heavy atom. The summed E-state index contributed by atoms with van der Waals surface area (Å²) in [7, 11) is 0. The van der Waals surface area contributed by atoms with Crippen molar-refractivity contribution in [2.45, 2.75) is 0 Å². The van der Waals surface area contributed by atoms with Crippen LogP contribution >= 0.6 is 0 Å². The van der Waals surface area contributed by atoms with Crippen LogP contribution in [-0.4, -0.2) is 11.1 Å². The Kier molecular flexibility index (Phi) is 3.31. The van der Waals surface area contributed by atoms with E-state index in [1.165, 1.54) is 12.1 Å². The second-order valence-corrected chi connectivity index (χ2v) is 3.57. The van der Waals surface area contributed by atoms with E-state index in [1.807, 2.05) is 12.1 Å². The molecule has 0 radical (unpaired) electrons. The van der Waals surface area contributed by atoms with Crippen molar-refractivity contribution in [3.63, 3.8) is 0 Å². The van der Waals surface area contributed by atoms with Gasteiger partial charge in [-0.2, -0.15) is 0 Å². The summed E-state index contributed by atoms with van der Waals surface area (Å²) in [4.78, 5) is 10.7. The van der Waals surface area contributed by atoms with Crippen molar-refractivity contribution in [2.75, 3.05) is 0 Å². The van der Waals surface area contributed by atoms with E-state index < -0.39 is 5.97 Å². The Morgan fingerprint density at radius 2 is 1.78 bits per heavy atom. The molecule has 2 aromatic carbocycles. The molecule has 2 aromatic rings. The van der Waals surface area contributed by atoms with Gasteiger partial charge in [0.1, 0.15) is 11.5 Å². The fourth-order valence-electron chi connectivity index (χ4n) is 1.47. The number of carboxylic acid groups (broad SMARTS) is 1. The van der Waals surface area contributed by atoms with E-state index in [1.54, 1.807) is 24.3 Å². The highest BCUT2D eigenvalue weighted by Gasteiger charge is 2.04. The van der Waals surface area contributed by atoms with Gasteiger partial charge in [-0.25, -0.2) is 4.79 Å². The monoisotopic (exact) mass is 238 g/mol. The molecular formula is C15H10O3. The number of ether oxygens (including phenoxy) is 1. The molecule has 2 rings (SSSR count). The van der Waals surface area contributed by atoms with Crippen molar-refractivity contribution in [2.24, 2.45) is 0 Å². The van der Waals surface area contributed by atoms with E-state index in [0.717, 1.165) is 0 Å². The van der Waals surface area contributed by atoms with Gasteiger partial charge in [0.05, 0.1) is 11.1 Å². The Morgan fingerprint density at radius 3 is 2.39 bits per heavy atom. The molecule has 0 fully saturated rings. The van der Waals surface area contributed by atoms with Crippen LogP contribution in [0, 0.1) is 12.3 Å². The highest BCUT2D eigenvalue weighted by molar-refractivity contribution is 5.87. The van der Waals surface area contributed by atoms with Crippen LogP contribution < -0.4 is 4.74 Å². The molecule has 0 unspecified atom stereocenters. The normalized spacial score (nSPS) is 9.50. The molecule has 0 aliphatic heterocycles. The predicted molar refractivity (Wildman–Crippen MR) is 67.9 cm³/mol. The van der Waals surface area contributed by atoms with Crippen LogP contribution in [0.25, 0.3) is 0 Å². The first kappa shape index (κ1) is 11.7. The third kappa shape index (κ3) is 2.50. The summed E-state index contributed by atoms with van der Waals surface area (Å²) in [5.41, 5.74) is 0.868. The second kappa shape index (κ2) is 5.07. The SMILES string of the molecule is C#Cc1ccccc1Oc1ccc(C(=O)O)cc1. The van der Waals surface area contributed by atoms with E-state index in [-0.39, 0.29) is 5.56 Å². The van der Waals surface area contributed by atoms with Crippen LogP contribution in [0.5, 0.6) is 11.5 Å². The Hall–Kier alpha value is -2.73. The van der Waals surface area contributed by atoms with E-state index in [4.69, 9.17) is 16.3 Å². The molecule has 0 aliphatic carbocycles. The molecule has 0 atom stereocenters. The molecule has 0 aromatic heterocycles. The maximum Gasteiger partial charge on any atom is 0.335 e. The third-order valence-corrected chi connectivity index (χ3v) is 2.37. The summed E-state index contributed by atoms with van der Waals surface area (Å²) >= 11 is 0. The number of para-hydroxylation sites is 1. The number of hydrogen-bond donors (Lipinski definition) is 1. The number of hydrogen-bond acceptors (Lipinski definition) is 2. The quantitative estimate of drug-likeness (QED) is 0.835. The van der Waals surface area contributed by atoms with Crippen molar-refractivity contribution >= 4 is 5.97 Å². The van der Waals surface area contributed by atoms with Crippen LogP contribution in [-0.2, 0) is 0 Å². The highest BCUT2D eigenvalue weighted by atomic mass is 16.5. The molecule has 0 spiro atoms. The topological polar surface area (TPSA) is 46.5 Å². The van der Waals surface area contributed by atoms with Gasteiger partial charge >= 0.3 is 5.97 Å². The number of benzene rings is 2. The molecule has 1 N–H and O–H groups in total. The van der Waals surface area contributed by atoms with E-state index in [0.29, 0.717) is 17.1 Å². The smallest absolute Gasteiger partial charge is 0.335 e. The van der Waals surface area contributed by atoms with Crippen molar-refractivity contribution < 1.29 is 14.6 Å². The summed E-state index contributed by atoms with van der Waals surface area (Å²) < 4.78 is 5.60. The van der Waals surface area contributed by atoms with Gasteiger partial charge in [-0.15, -0.1) is 6.42 Å².